The number of ether oxygens (including phenoxy) is 1. The first-order valence-electron chi connectivity index (χ1n) is 8.51. The van der Waals surface area contributed by atoms with E-state index >= 15 is 0 Å². The molecule has 2 aromatic rings. The molecule has 1 aromatic carbocycles. The van der Waals surface area contributed by atoms with Crippen molar-refractivity contribution < 1.29 is 14.3 Å². The Morgan fingerprint density at radius 1 is 1.19 bits per heavy atom. The normalized spacial score (nSPS) is 20.2. The van der Waals surface area contributed by atoms with Gasteiger partial charge in [0.05, 0.1) is 25.2 Å². The summed E-state index contributed by atoms with van der Waals surface area (Å²) >= 11 is 3.42. The first-order chi connectivity index (χ1) is 12.6. The number of hydrogen-bond acceptors (Lipinski definition) is 4. The largest absolute Gasteiger partial charge is 0.485 e. The van der Waals surface area contributed by atoms with Crippen LogP contribution in [0, 0.1) is 5.92 Å². The first kappa shape index (κ1) is 17.0. The van der Waals surface area contributed by atoms with Crippen LogP contribution in [-0.4, -0.2) is 47.4 Å². The molecule has 0 saturated carbocycles. The zero-order chi connectivity index (χ0) is 18.1. The zero-order valence-electron chi connectivity index (χ0n) is 14.0. The van der Waals surface area contributed by atoms with Crippen molar-refractivity contribution in [2.75, 3.05) is 24.5 Å². The number of rotatable bonds is 4. The number of aromatic nitrogens is 1. The third kappa shape index (κ3) is 3.44. The lowest BCUT2D eigenvalue weighted by atomic mass is 10.0. The molecule has 0 N–H and O–H groups in total. The van der Waals surface area contributed by atoms with Crippen molar-refractivity contribution in [3.8, 4) is 5.75 Å². The van der Waals surface area contributed by atoms with E-state index in [0.717, 1.165) is 10.2 Å². The van der Waals surface area contributed by atoms with Crippen LogP contribution >= 0.6 is 15.9 Å². The van der Waals surface area contributed by atoms with Crippen molar-refractivity contribution >= 4 is 33.4 Å². The molecule has 3 heterocycles. The van der Waals surface area contributed by atoms with Crippen LogP contribution in [0.3, 0.4) is 0 Å². The molecule has 26 heavy (non-hydrogen) atoms. The van der Waals surface area contributed by atoms with Gasteiger partial charge in [-0.1, -0.05) is 22.0 Å². The zero-order valence-corrected chi connectivity index (χ0v) is 15.6. The summed E-state index contributed by atoms with van der Waals surface area (Å²) in [5, 5.41) is 0. The highest BCUT2D eigenvalue weighted by atomic mass is 79.9. The van der Waals surface area contributed by atoms with Crippen molar-refractivity contribution in [3.63, 3.8) is 0 Å². The number of nitrogens with zero attached hydrogens (tertiary/aromatic N) is 3. The van der Waals surface area contributed by atoms with E-state index < -0.39 is 0 Å². The molecule has 6 nitrogen and oxygen atoms in total. The lowest BCUT2D eigenvalue weighted by molar-refractivity contribution is -0.144. The maximum absolute atomic E-state index is 12.7. The van der Waals surface area contributed by atoms with E-state index in [2.05, 4.69) is 20.9 Å². The fourth-order valence-corrected chi connectivity index (χ4v) is 3.71. The Kier molecular flexibility index (Phi) is 4.63. The summed E-state index contributed by atoms with van der Waals surface area (Å²) in [5.74, 6) is 0.439. The van der Waals surface area contributed by atoms with Gasteiger partial charge in [0.25, 0.3) is 0 Å². The number of halogens is 1. The second-order valence-corrected chi connectivity index (χ2v) is 7.47. The van der Waals surface area contributed by atoms with Gasteiger partial charge in [0, 0.05) is 29.3 Å². The van der Waals surface area contributed by atoms with Crippen LogP contribution in [0.4, 0.5) is 5.69 Å². The van der Waals surface area contributed by atoms with Gasteiger partial charge >= 0.3 is 0 Å². The van der Waals surface area contributed by atoms with Crippen LogP contribution in [0.5, 0.6) is 5.75 Å². The Labute approximate surface area is 159 Å². The van der Waals surface area contributed by atoms with E-state index in [1.807, 2.05) is 36.4 Å². The molecule has 134 valence electrons. The van der Waals surface area contributed by atoms with Crippen LogP contribution in [0.2, 0.25) is 0 Å². The Morgan fingerprint density at radius 3 is 2.77 bits per heavy atom. The lowest BCUT2D eigenvalue weighted by Gasteiger charge is -2.40. The number of carbonyl (C=O) groups excluding carboxylic acids is 2. The average Bonchev–Trinajstić information content (AvgIpc) is 3.00. The number of amides is 2. The Balaban J connectivity index is 1.33. The van der Waals surface area contributed by atoms with Gasteiger partial charge in [0.15, 0.2) is 0 Å². The molecule has 0 aliphatic carbocycles. The van der Waals surface area contributed by atoms with Gasteiger partial charge in [0.2, 0.25) is 11.8 Å². The number of pyridine rings is 1. The van der Waals surface area contributed by atoms with Gasteiger partial charge in [-0.25, -0.2) is 0 Å². The number of anilines is 1. The van der Waals surface area contributed by atoms with E-state index in [0.29, 0.717) is 25.4 Å². The fraction of sp³-hybridized carbons (Fsp3) is 0.316. The van der Waals surface area contributed by atoms with Crippen molar-refractivity contribution in [2.45, 2.75) is 12.5 Å². The SMILES string of the molecule is O=C(C1CC(=O)N(c2cccc(Br)c2)C1)N1CC(Oc2cccnc2)C1. The minimum Gasteiger partial charge on any atom is -0.485 e. The summed E-state index contributed by atoms with van der Waals surface area (Å²) in [7, 11) is 0. The molecule has 2 aliphatic heterocycles. The molecule has 0 spiro atoms. The third-order valence-electron chi connectivity index (χ3n) is 4.69. The summed E-state index contributed by atoms with van der Waals surface area (Å²) in [6.07, 6.45) is 3.60. The van der Waals surface area contributed by atoms with Crippen molar-refractivity contribution in [1.29, 1.82) is 0 Å². The van der Waals surface area contributed by atoms with E-state index in [9.17, 15) is 9.59 Å². The summed E-state index contributed by atoms with van der Waals surface area (Å²) in [6.45, 7) is 1.53. The predicted octanol–water partition coefficient (Wildman–Crippen LogP) is 2.49. The minimum absolute atomic E-state index is 0.00914. The second kappa shape index (κ2) is 7.07. The molecule has 0 radical (unpaired) electrons. The summed E-state index contributed by atoms with van der Waals surface area (Å²) < 4.78 is 6.69. The highest BCUT2D eigenvalue weighted by Crippen LogP contribution is 2.29. The number of carbonyl (C=O) groups is 2. The first-order valence-corrected chi connectivity index (χ1v) is 9.31. The highest BCUT2D eigenvalue weighted by molar-refractivity contribution is 9.10. The van der Waals surface area contributed by atoms with Crippen LogP contribution < -0.4 is 9.64 Å². The second-order valence-electron chi connectivity index (χ2n) is 6.56. The van der Waals surface area contributed by atoms with E-state index in [1.54, 1.807) is 22.2 Å². The van der Waals surface area contributed by atoms with Gasteiger partial charge in [-0.05, 0) is 30.3 Å². The monoisotopic (exact) mass is 415 g/mol. The molecule has 2 aliphatic rings. The summed E-state index contributed by atoms with van der Waals surface area (Å²) in [4.78, 5) is 32.5. The van der Waals surface area contributed by atoms with Crippen LogP contribution in [0.25, 0.3) is 0 Å². The van der Waals surface area contributed by atoms with Gasteiger partial charge in [-0.2, -0.15) is 0 Å². The fourth-order valence-electron chi connectivity index (χ4n) is 3.33. The molecular formula is C19H18BrN3O3. The Morgan fingerprint density at radius 2 is 2.04 bits per heavy atom. The molecule has 2 fully saturated rings. The van der Waals surface area contributed by atoms with Gasteiger partial charge in [-0.3, -0.25) is 14.6 Å². The van der Waals surface area contributed by atoms with Crippen LogP contribution in [0.1, 0.15) is 6.42 Å². The Hall–Kier alpha value is -2.41. The van der Waals surface area contributed by atoms with Crippen molar-refractivity contribution in [3.05, 3.63) is 53.3 Å². The molecule has 2 amide bonds. The summed E-state index contributed by atoms with van der Waals surface area (Å²) in [5.41, 5.74) is 0.820. The quantitative estimate of drug-likeness (QED) is 0.769. The van der Waals surface area contributed by atoms with Gasteiger partial charge < -0.3 is 14.5 Å². The van der Waals surface area contributed by atoms with Crippen LogP contribution in [0.15, 0.2) is 53.3 Å². The number of benzene rings is 1. The van der Waals surface area contributed by atoms with Crippen LogP contribution in [-0.2, 0) is 9.59 Å². The maximum Gasteiger partial charge on any atom is 0.228 e. The average molecular weight is 416 g/mol. The lowest BCUT2D eigenvalue weighted by Crippen LogP contribution is -2.57. The van der Waals surface area contributed by atoms with Crippen molar-refractivity contribution in [1.82, 2.24) is 9.88 Å². The van der Waals surface area contributed by atoms with Gasteiger partial charge in [0.1, 0.15) is 11.9 Å². The number of likely N-dealkylation sites (tertiary alicyclic amines) is 1. The smallest absolute Gasteiger partial charge is 0.228 e. The minimum atomic E-state index is -0.291. The number of hydrogen-bond donors (Lipinski definition) is 0. The van der Waals surface area contributed by atoms with Crippen molar-refractivity contribution in [2.24, 2.45) is 5.92 Å². The molecule has 1 aromatic heterocycles. The molecule has 0 bridgehead atoms. The third-order valence-corrected chi connectivity index (χ3v) is 5.18. The molecule has 2 saturated heterocycles. The molecule has 1 atom stereocenters. The molecular weight excluding hydrogens is 398 g/mol. The summed E-state index contributed by atoms with van der Waals surface area (Å²) in [6, 6.07) is 11.2. The predicted molar refractivity (Wildman–Crippen MR) is 99.8 cm³/mol. The highest BCUT2D eigenvalue weighted by Gasteiger charge is 2.41. The molecule has 4 rings (SSSR count). The van der Waals surface area contributed by atoms with E-state index in [-0.39, 0.29) is 30.3 Å². The topological polar surface area (TPSA) is 62.7 Å². The molecule has 1 unspecified atom stereocenters. The maximum atomic E-state index is 12.7. The van der Waals surface area contributed by atoms with E-state index in [1.165, 1.54) is 0 Å². The van der Waals surface area contributed by atoms with E-state index in [4.69, 9.17) is 4.74 Å². The standard InChI is InChI=1S/C19H18BrN3O3/c20-14-3-1-4-15(8-14)23-10-13(7-18(23)24)19(25)22-11-17(12-22)26-16-5-2-6-21-9-16/h1-6,8-9,13,17H,7,10-12H2. The molecule has 7 heteroatoms. The Bertz CT molecular complexity index is 824. The van der Waals surface area contributed by atoms with Gasteiger partial charge in [-0.15, -0.1) is 0 Å².